The molecule has 0 radical (unpaired) electrons. The van der Waals surface area contributed by atoms with E-state index in [1.54, 1.807) is 30.3 Å². The Morgan fingerprint density at radius 1 is 1.03 bits per heavy atom. The molecule has 0 aromatic heterocycles. The Bertz CT molecular complexity index is 1140. The van der Waals surface area contributed by atoms with Crippen LogP contribution in [0.3, 0.4) is 0 Å². The fraction of sp³-hybridized carbons (Fsp3) is 0.182. The third-order valence-electron chi connectivity index (χ3n) is 5.01. The van der Waals surface area contributed by atoms with Gasteiger partial charge in [0.25, 0.3) is 5.91 Å². The normalized spacial score (nSPS) is 19.2. The molecule has 9 nitrogen and oxygen atoms in total. The molecule has 0 bridgehead atoms. The Kier molecular flexibility index (Phi) is 5.16. The van der Waals surface area contributed by atoms with Crippen LogP contribution in [0.15, 0.2) is 48.2 Å². The number of Topliss-reactive ketones (excluding diaryl/α,β-unsaturated/α-hetero) is 1. The van der Waals surface area contributed by atoms with Gasteiger partial charge in [-0.2, -0.15) is 0 Å². The topological polar surface area (TPSA) is 111 Å². The lowest BCUT2D eigenvalue weighted by Crippen LogP contribution is -2.44. The number of urea groups is 1. The number of carbonyl (C=O) groups is 4. The first-order valence-electron chi connectivity index (χ1n) is 9.34. The molecule has 2 heterocycles. The summed E-state index contributed by atoms with van der Waals surface area (Å²) in [4.78, 5) is 51.0. The van der Waals surface area contributed by atoms with E-state index in [1.807, 2.05) is 0 Å². The second-order valence-corrected chi connectivity index (χ2v) is 6.85. The number of fused-ring (bicyclic) bond motifs is 1. The van der Waals surface area contributed by atoms with E-state index in [-0.39, 0.29) is 17.0 Å². The highest BCUT2D eigenvalue weighted by atomic mass is 16.5. The van der Waals surface area contributed by atoms with Crippen molar-refractivity contribution in [2.45, 2.75) is 0 Å². The number of benzene rings is 2. The third kappa shape index (κ3) is 3.61. The molecule has 1 unspecified atom stereocenters. The number of ether oxygens (including phenoxy) is 3. The minimum absolute atomic E-state index is 0.00856. The number of hydrogen-bond acceptors (Lipinski definition) is 7. The van der Waals surface area contributed by atoms with E-state index in [4.69, 9.17) is 14.2 Å². The predicted octanol–water partition coefficient (Wildman–Crippen LogP) is 2.01. The van der Waals surface area contributed by atoms with Gasteiger partial charge in [0.05, 0.1) is 26.3 Å². The second-order valence-electron chi connectivity index (χ2n) is 6.85. The molecule has 2 aromatic rings. The first kappa shape index (κ1) is 20.1. The monoisotopic (exact) mass is 422 g/mol. The van der Waals surface area contributed by atoms with Crippen LogP contribution >= 0.6 is 0 Å². The van der Waals surface area contributed by atoms with Gasteiger partial charge in [0.1, 0.15) is 17.4 Å². The third-order valence-corrected chi connectivity index (χ3v) is 5.01. The Morgan fingerprint density at radius 3 is 2.52 bits per heavy atom. The lowest BCUT2D eigenvalue weighted by molar-refractivity contribution is -0.138. The van der Waals surface area contributed by atoms with Crippen LogP contribution in [0.4, 0.5) is 4.79 Å². The first-order chi connectivity index (χ1) is 14.9. The van der Waals surface area contributed by atoms with Crippen molar-refractivity contribution in [2.24, 2.45) is 5.92 Å². The second kappa shape index (κ2) is 7.94. The number of ketones is 1. The quantitative estimate of drug-likeness (QED) is 0.258. The van der Waals surface area contributed by atoms with Crippen LogP contribution in [0, 0.1) is 5.92 Å². The van der Waals surface area contributed by atoms with Crippen molar-refractivity contribution in [1.29, 1.82) is 0 Å². The van der Waals surface area contributed by atoms with Crippen LogP contribution in [0.5, 0.6) is 17.2 Å². The van der Waals surface area contributed by atoms with Crippen molar-refractivity contribution in [3.8, 4) is 17.2 Å². The number of rotatable bonds is 5. The molecule has 1 N–H and O–H groups in total. The highest BCUT2D eigenvalue weighted by molar-refractivity contribution is 6.17. The average Bonchev–Trinajstić information content (AvgIpc) is 3.03. The summed E-state index contributed by atoms with van der Waals surface area (Å²) in [7, 11) is 2.99. The summed E-state index contributed by atoms with van der Waals surface area (Å²) in [5.41, 5.74) is 0.833. The van der Waals surface area contributed by atoms with E-state index < -0.39 is 36.2 Å². The number of amides is 3. The Morgan fingerprint density at radius 2 is 1.77 bits per heavy atom. The van der Waals surface area contributed by atoms with Gasteiger partial charge < -0.3 is 19.5 Å². The zero-order valence-electron chi connectivity index (χ0n) is 16.7. The van der Waals surface area contributed by atoms with Gasteiger partial charge in [0, 0.05) is 0 Å². The fourth-order valence-corrected chi connectivity index (χ4v) is 3.42. The maximum Gasteiger partial charge on any atom is 0.329 e. The molecule has 1 atom stereocenters. The van der Waals surface area contributed by atoms with Gasteiger partial charge in [-0.05, 0) is 35.9 Å². The summed E-state index contributed by atoms with van der Waals surface area (Å²) in [5, 5.41) is 2.47. The molecule has 9 heteroatoms. The molecule has 1 fully saturated rings. The molecule has 0 saturated carbocycles. The number of methoxy groups -OCH3 is 2. The lowest BCUT2D eigenvalue weighted by atomic mass is 9.94. The van der Waals surface area contributed by atoms with Crippen LogP contribution < -0.4 is 19.5 Å². The predicted molar refractivity (Wildman–Crippen MR) is 108 cm³/mol. The number of para-hydroxylation sites is 1. The molecule has 0 spiro atoms. The smallest absolute Gasteiger partial charge is 0.329 e. The molecule has 158 valence electrons. The Labute approximate surface area is 177 Å². The van der Waals surface area contributed by atoms with Gasteiger partial charge in [0.15, 0.2) is 17.3 Å². The number of nitrogens with zero attached hydrogens (tertiary/aromatic N) is 1. The summed E-state index contributed by atoms with van der Waals surface area (Å²) in [6.07, 6.45) is 1.47. The molecular weight excluding hydrogens is 404 g/mol. The average molecular weight is 422 g/mol. The zero-order chi connectivity index (χ0) is 22.1. The highest BCUT2D eigenvalue weighted by Gasteiger charge is 2.42. The van der Waals surface area contributed by atoms with Gasteiger partial charge in [-0.3, -0.25) is 19.3 Å². The van der Waals surface area contributed by atoms with Gasteiger partial charge >= 0.3 is 12.0 Å². The molecule has 2 aliphatic heterocycles. The summed E-state index contributed by atoms with van der Waals surface area (Å²) in [6.45, 7) is -0.417. The van der Waals surface area contributed by atoms with Crippen molar-refractivity contribution in [3.63, 3.8) is 0 Å². The summed E-state index contributed by atoms with van der Waals surface area (Å²) < 4.78 is 15.6. The van der Waals surface area contributed by atoms with E-state index >= 15 is 0 Å². The van der Waals surface area contributed by atoms with Crippen LogP contribution in [-0.4, -0.2) is 49.4 Å². The SMILES string of the molecule is COc1ccc(/C=C2\NC(=O)N(CC3C(=O)Oc4ccccc4C3=O)C2=O)cc1OC. The van der Waals surface area contributed by atoms with Crippen molar-refractivity contribution >= 4 is 29.8 Å². The number of carbonyl (C=O) groups excluding carboxylic acids is 4. The van der Waals surface area contributed by atoms with Gasteiger partial charge in [-0.15, -0.1) is 0 Å². The zero-order valence-corrected chi connectivity index (χ0v) is 16.7. The molecular formula is C22H18N2O7. The van der Waals surface area contributed by atoms with E-state index in [0.29, 0.717) is 17.1 Å². The van der Waals surface area contributed by atoms with Gasteiger partial charge in [-0.1, -0.05) is 18.2 Å². The molecule has 2 aromatic carbocycles. The molecule has 0 aliphatic carbocycles. The molecule has 31 heavy (non-hydrogen) atoms. The number of nitrogens with one attached hydrogen (secondary N) is 1. The fourth-order valence-electron chi connectivity index (χ4n) is 3.42. The van der Waals surface area contributed by atoms with Crippen molar-refractivity contribution < 1.29 is 33.4 Å². The van der Waals surface area contributed by atoms with Crippen molar-refractivity contribution in [1.82, 2.24) is 10.2 Å². The van der Waals surface area contributed by atoms with Crippen LogP contribution in [0.1, 0.15) is 15.9 Å². The lowest BCUT2D eigenvalue weighted by Gasteiger charge is -2.24. The van der Waals surface area contributed by atoms with E-state index in [2.05, 4.69) is 5.32 Å². The summed E-state index contributed by atoms with van der Waals surface area (Å²) in [6, 6.07) is 10.6. The van der Waals surface area contributed by atoms with E-state index in [1.165, 1.54) is 32.4 Å². The summed E-state index contributed by atoms with van der Waals surface area (Å²) in [5.74, 6) is -2.10. The van der Waals surface area contributed by atoms with Crippen LogP contribution in [0.2, 0.25) is 0 Å². The molecule has 1 saturated heterocycles. The number of hydrogen-bond donors (Lipinski definition) is 1. The Balaban J connectivity index is 1.56. The van der Waals surface area contributed by atoms with Crippen LogP contribution in [-0.2, 0) is 9.59 Å². The standard InChI is InChI=1S/C22H18N2O7/c1-29-17-8-7-12(10-18(17)30-2)9-15-20(26)24(22(28)23-15)11-14-19(25)13-5-3-4-6-16(13)31-21(14)27/h3-10,14H,11H2,1-2H3,(H,23,28)/b15-9-. The number of imide groups is 1. The van der Waals surface area contributed by atoms with Crippen molar-refractivity contribution in [3.05, 3.63) is 59.3 Å². The van der Waals surface area contributed by atoms with E-state index in [9.17, 15) is 19.2 Å². The Hall–Kier alpha value is -4.14. The maximum absolute atomic E-state index is 12.8. The summed E-state index contributed by atoms with van der Waals surface area (Å²) >= 11 is 0. The van der Waals surface area contributed by atoms with Crippen molar-refractivity contribution in [2.75, 3.05) is 20.8 Å². The largest absolute Gasteiger partial charge is 0.493 e. The van der Waals surface area contributed by atoms with Gasteiger partial charge in [0.2, 0.25) is 0 Å². The minimum Gasteiger partial charge on any atom is -0.493 e. The molecule has 3 amide bonds. The highest BCUT2D eigenvalue weighted by Crippen LogP contribution is 2.30. The molecule has 2 aliphatic rings. The molecule has 4 rings (SSSR count). The van der Waals surface area contributed by atoms with Gasteiger partial charge in [-0.25, -0.2) is 4.79 Å². The minimum atomic E-state index is -1.29. The number of esters is 1. The van der Waals surface area contributed by atoms with E-state index in [0.717, 1.165) is 4.90 Å². The first-order valence-corrected chi connectivity index (χ1v) is 9.34. The van der Waals surface area contributed by atoms with Crippen LogP contribution in [0.25, 0.3) is 6.08 Å². The maximum atomic E-state index is 12.8.